The van der Waals surface area contributed by atoms with Gasteiger partial charge in [-0.2, -0.15) is 17.5 Å². The van der Waals surface area contributed by atoms with Crippen molar-refractivity contribution in [2.75, 3.05) is 49.1 Å². The molecular weight excluding hydrogens is 431 g/mol. The van der Waals surface area contributed by atoms with Crippen LogP contribution in [-0.4, -0.2) is 62.2 Å². The van der Waals surface area contributed by atoms with E-state index >= 15 is 0 Å². The number of benzene rings is 1. The Hall–Kier alpha value is -2.40. The molecule has 168 valence electrons. The molecule has 2 fully saturated rings. The van der Waals surface area contributed by atoms with Gasteiger partial charge in [0.25, 0.3) is 0 Å². The van der Waals surface area contributed by atoms with Crippen molar-refractivity contribution >= 4 is 21.7 Å². The maximum absolute atomic E-state index is 12.7. The molecule has 2 saturated heterocycles. The summed E-state index contributed by atoms with van der Waals surface area (Å²) >= 11 is 0. The summed E-state index contributed by atoms with van der Waals surface area (Å²) in [6, 6.07) is 8.11. The van der Waals surface area contributed by atoms with Gasteiger partial charge in [0.15, 0.2) is 11.6 Å². The van der Waals surface area contributed by atoms with E-state index in [4.69, 9.17) is 0 Å². The SMILES string of the molecule is O=S(=O)(Cc1ccc(C(F)(F)F)cc1)N1CCN(c2ccc(N3CCCC3)nn2)CC1. The lowest BCUT2D eigenvalue weighted by Gasteiger charge is -2.34. The average Bonchev–Trinajstić information content (AvgIpc) is 3.28. The third-order valence-electron chi connectivity index (χ3n) is 5.65. The number of hydrogen-bond acceptors (Lipinski definition) is 6. The molecule has 0 aliphatic carbocycles. The molecule has 4 rings (SSSR count). The second-order valence-electron chi connectivity index (χ2n) is 7.78. The lowest BCUT2D eigenvalue weighted by Crippen LogP contribution is -2.49. The molecule has 2 aliphatic heterocycles. The number of anilines is 2. The van der Waals surface area contributed by atoms with Gasteiger partial charge >= 0.3 is 6.18 Å². The number of nitrogens with zero attached hydrogens (tertiary/aromatic N) is 5. The number of rotatable bonds is 5. The van der Waals surface area contributed by atoms with Crippen molar-refractivity contribution < 1.29 is 21.6 Å². The maximum atomic E-state index is 12.7. The van der Waals surface area contributed by atoms with Crippen LogP contribution in [0.2, 0.25) is 0 Å². The predicted molar refractivity (Wildman–Crippen MR) is 111 cm³/mol. The molecule has 0 radical (unpaired) electrons. The van der Waals surface area contributed by atoms with Gasteiger partial charge in [0.1, 0.15) is 0 Å². The van der Waals surface area contributed by atoms with Gasteiger partial charge < -0.3 is 9.80 Å². The van der Waals surface area contributed by atoms with Crippen molar-refractivity contribution in [1.29, 1.82) is 0 Å². The summed E-state index contributed by atoms with van der Waals surface area (Å²) in [5.74, 6) is 1.25. The van der Waals surface area contributed by atoms with Crippen LogP contribution in [0.25, 0.3) is 0 Å². The largest absolute Gasteiger partial charge is 0.416 e. The Morgan fingerprint density at radius 1 is 0.774 bits per heavy atom. The van der Waals surface area contributed by atoms with E-state index in [9.17, 15) is 21.6 Å². The van der Waals surface area contributed by atoms with E-state index in [0.717, 1.165) is 43.9 Å². The minimum absolute atomic E-state index is 0.290. The monoisotopic (exact) mass is 455 g/mol. The van der Waals surface area contributed by atoms with Crippen LogP contribution in [0.4, 0.5) is 24.8 Å². The molecule has 0 bridgehead atoms. The summed E-state index contributed by atoms with van der Waals surface area (Å²) in [6.07, 6.45) is -2.12. The van der Waals surface area contributed by atoms with Crippen LogP contribution < -0.4 is 9.80 Å². The molecule has 7 nitrogen and oxygen atoms in total. The second-order valence-corrected chi connectivity index (χ2v) is 9.75. The van der Waals surface area contributed by atoms with Crippen molar-refractivity contribution in [2.24, 2.45) is 0 Å². The molecule has 0 saturated carbocycles. The Morgan fingerprint density at radius 2 is 1.29 bits per heavy atom. The Kier molecular flexibility index (Phi) is 6.07. The van der Waals surface area contributed by atoms with Crippen LogP contribution in [0.15, 0.2) is 36.4 Å². The summed E-state index contributed by atoms with van der Waals surface area (Å²) in [5.41, 5.74) is -0.460. The third kappa shape index (κ3) is 5.09. The summed E-state index contributed by atoms with van der Waals surface area (Å²) < 4.78 is 64.9. The molecule has 3 heterocycles. The number of alkyl halides is 3. The van der Waals surface area contributed by atoms with Crippen LogP contribution in [0.1, 0.15) is 24.0 Å². The van der Waals surface area contributed by atoms with Gasteiger partial charge in [-0.15, -0.1) is 10.2 Å². The minimum Gasteiger partial charge on any atom is -0.355 e. The maximum Gasteiger partial charge on any atom is 0.416 e. The molecule has 1 aromatic carbocycles. The molecule has 2 aromatic rings. The minimum atomic E-state index is -4.44. The third-order valence-corrected chi connectivity index (χ3v) is 7.50. The first-order valence-corrected chi connectivity index (χ1v) is 11.8. The van der Waals surface area contributed by atoms with Gasteiger partial charge in [-0.1, -0.05) is 12.1 Å². The van der Waals surface area contributed by atoms with Gasteiger partial charge in [-0.25, -0.2) is 8.42 Å². The molecule has 31 heavy (non-hydrogen) atoms. The highest BCUT2D eigenvalue weighted by molar-refractivity contribution is 7.88. The fourth-order valence-corrected chi connectivity index (χ4v) is 5.40. The zero-order valence-electron chi connectivity index (χ0n) is 16.9. The van der Waals surface area contributed by atoms with Gasteiger partial charge in [0.05, 0.1) is 11.3 Å². The van der Waals surface area contributed by atoms with Crippen molar-refractivity contribution in [3.05, 3.63) is 47.5 Å². The second kappa shape index (κ2) is 8.62. The van der Waals surface area contributed by atoms with Crippen LogP contribution in [0, 0.1) is 0 Å². The number of halogens is 3. The zero-order valence-corrected chi connectivity index (χ0v) is 17.7. The van der Waals surface area contributed by atoms with E-state index in [1.54, 1.807) is 0 Å². The summed E-state index contributed by atoms with van der Waals surface area (Å²) in [6.45, 7) is 3.51. The number of sulfonamides is 1. The molecule has 0 atom stereocenters. The Labute approximate surface area is 179 Å². The molecule has 1 aromatic heterocycles. The van der Waals surface area contributed by atoms with E-state index < -0.39 is 21.8 Å². The van der Waals surface area contributed by atoms with Gasteiger partial charge in [0.2, 0.25) is 10.0 Å². The number of piperazine rings is 1. The Morgan fingerprint density at radius 3 is 1.77 bits per heavy atom. The highest BCUT2D eigenvalue weighted by Crippen LogP contribution is 2.29. The van der Waals surface area contributed by atoms with Gasteiger partial charge in [-0.05, 0) is 42.7 Å². The Balaban J connectivity index is 1.34. The van der Waals surface area contributed by atoms with Gasteiger partial charge in [-0.3, -0.25) is 0 Å². The first-order chi connectivity index (χ1) is 14.7. The van der Waals surface area contributed by atoms with Gasteiger partial charge in [0, 0.05) is 39.3 Å². The van der Waals surface area contributed by atoms with Crippen molar-refractivity contribution in [3.8, 4) is 0 Å². The molecule has 0 spiro atoms. The van der Waals surface area contributed by atoms with Crippen LogP contribution in [0.5, 0.6) is 0 Å². The quantitative estimate of drug-likeness (QED) is 0.691. The number of hydrogen-bond donors (Lipinski definition) is 0. The average molecular weight is 456 g/mol. The van der Waals surface area contributed by atoms with E-state index in [-0.39, 0.29) is 5.75 Å². The fourth-order valence-electron chi connectivity index (χ4n) is 3.89. The lowest BCUT2D eigenvalue weighted by atomic mass is 10.1. The normalized spacial score (nSPS) is 18.5. The van der Waals surface area contributed by atoms with Crippen LogP contribution >= 0.6 is 0 Å². The topological polar surface area (TPSA) is 69.6 Å². The lowest BCUT2D eigenvalue weighted by molar-refractivity contribution is -0.137. The van der Waals surface area contributed by atoms with E-state index in [0.29, 0.717) is 37.6 Å². The standard InChI is InChI=1S/C20H24F3N5O2S/c21-20(22,23)17-5-3-16(4-6-17)15-31(29,30)28-13-11-27(12-14-28)19-8-7-18(24-25-19)26-9-1-2-10-26/h3-8H,1-2,9-15H2. The molecule has 11 heteroatoms. The Bertz CT molecular complexity index is 983. The number of aromatic nitrogens is 2. The molecule has 2 aliphatic rings. The van der Waals surface area contributed by atoms with E-state index in [1.165, 1.54) is 16.4 Å². The van der Waals surface area contributed by atoms with E-state index in [1.807, 2.05) is 17.0 Å². The summed E-state index contributed by atoms with van der Waals surface area (Å²) in [4.78, 5) is 4.19. The highest BCUT2D eigenvalue weighted by Gasteiger charge is 2.31. The van der Waals surface area contributed by atoms with Crippen molar-refractivity contribution in [3.63, 3.8) is 0 Å². The summed E-state index contributed by atoms with van der Waals surface area (Å²) in [5, 5.41) is 8.61. The first-order valence-electron chi connectivity index (χ1n) is 10.2. The molecule has 0 unspecified atom stereocenters. The van der Waals surface area contributed by atoms with Crippen molar-refractivity contribution in [2.45, 2.75) is 24.8 Å². The van der Waals surface area contributed by atoms with Crippen LogP contribution in [-0.2, 0) is 22.0 Å². The van der Waals surface area contributed by atoms with E-state index in [2.05, 4.69) is 15.1 Å². The highest BCUT2D eigenvalue weighted by atomic mass is 32.2. The first kappa shape index (κ1) is 21.8. The predicted octanol–water partition coefficient (Wildman–Crippen LogP) is 2.75. The van der Waals surface area contributed by atoms with Crippen LogP contribution in [0.3, 0.4) is 0 Å². The van der Waals surface area contributed by atoms with Crippen molar-refractivity contribution in [1.82, 2.24) is 14.5 Å². The smallest absolute Gasteiger partial charge is 0.355 e. The molecular formula is C20H24F3N5O2S. The zero-order chi connectivity index (χ0) is 22.1. The summed E-state index contributed by atoms with van der Waals surface area (Å²) in [7, 11) is -3.63. The molecule has 0 N–H and O–H groups in total. The molecule has 0 amide bonds. The fraction of sp³-hybridized carbons (Fsp3) is 0.500.